The van der Waals surface area contributed by atoms with Crippen molar-refractivity contribution in [2.75, 3.05) is 42.9 Å². The second-order valence-corrected chi connectivity index (χ2v) is 8.85. The summed E-state index contributed by atoms with van der Waals surface area (Å²) in [5.74, 6) is 0.253. The van der Waals surface area contributed by atoms with Crippen LogP contribution in [-0.2, 0) is 0 Å². The van der Waals surface area contributed by atoms with Gasteiger partial charge in [-0.15, -0.1) is 0 Å². The summed E-state index contributed by atoms with van der Waals surface area (Å²) in [7, 11) is 0. The topological polar surface area (TPSA) is 68.8 Å². The molecule has 30 heavy (non-hydrogen) atoms. The largest absolute Gasteiger partial charge is 0.330 e. The number of carbonyl (C=O) groups is 2. The molecule has 7 heteroatoms. The van der Waals surface area contributed by atoms with E-state index in [4.69, 9.17) is 0 Å². The third kappa shape index (κ3) is 3.04. The van der Waals surface area contributed by atoms with Crippen LogP contribution in [0.3, 0.4) is 0 Å². The van der Waals surface area contributed by atoms with E-state index < -0.39 is 0 Å². The zero-order chi connectivity index (χ0) is 20.9. The van der Waals surface area contributed by atoms with E-state index in [2.05, 4.69) is 22.1 Å². The molecule has 0 aliphatic carbocycles. The molecule has 1 N–H and O–H groups in total. The maximum atomic E-state index is 13.7. The molecular weight excluding hydrogens is 378 g/mol. The third-order valence-corrected chi connectivity index (χ3v) is 6.46. The van der Waals surface area contributed by atoms with Crippen LogP contribution in [0.5, 0.6) is 0 Å². The quantitative estimate of drug-likeness (QED) is 0.828. The van der Waals surface area contributed by atoms with Crippen molar-refractivity contribution in [1.29, 1.82) is 0 Å². The number of aryl methyl sites for hydroxylation is 1. The fraction of sp³-hybridized carbons (Fsp3) is 0.435. The molecule has 2 aromatic rings. The second kappa shape index (κ2) is 7.09. The Morgan fingerprint density at radius 1 is 1.23 bits per heavy atom. The van der Waals surface area contributed by atoms with E-state index in [1.165, 1.54) is 0 Å². The molecule has 2 fully saturated rings. The van der Waals surface area contributed by atoms with Crippen LogP contribution in [0.1, 0.15) is 35.7 Å². The Morgan fingerprint density at radius 2 is 2.07 bits per heavy atom. The van der Waals surface area contributed by atoms with Gasteiger partial charge in [0.2, 0.25) is 0 Å². The molecule has 1 aromatic carbocycles. The number of rotatable bonds is 2. The molecule has 3 aliphatic heterocycles. The molecule has 5 rings (SSSR count). The minimum atomic E-state index is -0.218. The summed E-state index contributed by atoms with van der Waals surface area (Å²) in [4.78, 5) is 37.0. The monoisotopic (exact) mass is 405 g/mol. The normalized spacial score (nSPS) is 19.7. The van der Waals surface area contributed by atoms with Crippen molar-refractivity contribution in [3.05, 3.63) is 47.7 Å². The summed E-state index contributed by atoms with van der Waals surface area (Å²) >= 11 is 0. The first kappa shape index (κ1) is 19.1. The first-order valence-electron chi connectivity index (χ1n) is 10.7. The Hall–Kier alpha value is -2.93. The van der Waals surface area contributed by atoms with Crippen molar-refractivity contribution in [2.24, 2.45) is 5.41 Å². The minimum Gasteiger partial charge on any atom is -0.323 e. The van der Waals surface area contributed by atoms with Gasteiger partial charge in [-0.05, 0) is 57.1 Å². The zero-order valence-electron chi connectivity index (χ0n) is 17.5. The number of carbonyl (C=O) groups excluding carboxylic acids is 2. The smallest absolute Gasteiger partial charge is 0.323 e. The zero-order valence-corrected chi connectivity index (χ0v) is 17.5. The Balaban J connectivity index is 1.46. The number of anilines is 3. The first-order chi connectivity index (χ1) is 14.5. The van der Waals surface area contributed by atoms with Gasteiger partial charge >= 0.3 is 6.03 Å². The molecule has 3 amide bonds. The van der Waals surface area contributed by atoms with Gasteiger partial charge in [0.1, 0.15) is 0 Å². The lowest BCUT2D eigenvalue weighted by Crippen LogP contribution is -2.62. The molecule has 2 saturated heterocycles. The minimum absolute atomic E-state index is 0.115. The Labute approximate surface area is 176 Å². The second-order valence-electron chi connectivity index (χ2n) is 8.85. The van der Waals surface area contributed by atoms with Gasteiger partial charge in [0.25, 0.3) is 5.91 Å². The number of hydrogen-bond donors (Lipinski definition) is 1. The van der Waals surface area contributed by atoms with Crippen LogP contribution in [0.25, 0.3) is 0 Å². The van der Waals surface area contributed by atoms with E-state index >= 15 is 0 Å². The van der Waals surface area contributed by atoms with Gasteiger partial charge in [-0.1, -0.05) is 18.6 Å². The van der Waals surface area contributed by atoms with Crippen molar-refractivity contribution in [3.8, 4) is 0 Å². The molecule has 0 unspecified atom stereocenters. The van der Waals surface area contributed by atoms with Gasteiger partial charge in [0.05, 0.1) is 16.9 Å². The van der Waals surface area contributed by atoms with Crippen LogP contribution >= 0.6 is 0 Å². The van der Waals surface area contributed by atoms with Crippen molar-refractivity contribution < 1.29 is 9.59 Å². The van der Waals surface area contributed by atoms with Gasteiger partial charge in [-0.2, -0.15) is 0 Å². The highest BCUT2D eigenvalue weighted by Gasteiger charge is 2.50. The fourth-order valence-electron chi connectivity index (χ4n) is 5.03. The highest BCUT2D eigenvalue weighted by Crippen LogP contribution is 2.43. The number of amides is 3. The van der Waals surface area contributed by atoms with Gasteiger partial charge in [-0.25, -0.2) is 14.7 Å². The molecule has 0 saturated carbocycles. The van der Waals surface area contributed by atoms with E-state index in [-0.39, 0.29) is 17.4 Å². The van der Waals surface area contributed by atoms with Gasteiger partial charge in [-0.3, -0.25) is 4.79 Å². The average molecular weight is 406 g/mol. The van der Waals surface area contributed by atoms with Crippen molar-refractivity contribution in [3.63, 3.8) is 0 Å². The molecular formula is C23H27N5O2. The molecule has 4 heterocycles. The van der Waals surface area contributed by atoms with Crippen LogP contribution in [0, 0.1) is 12.3 Å². The number of likely N-dealkylation sites (tertiary alicyclic amines) is 2. The predicted molar refractivity (Wildman–Crippen MR) is 116 cm³/mol. The number of nitrogens with zero attached hydrogens (tertiary/aromatic N) is 4. The number of aromatic nitrogens is 1. The van der Waals surface area contributed by atoms with Gasteiger partial charge in [0, 0.05) is 31.2 Å². The molecule has 1 aromatic heterocycles. The van der Waals surface area contributed by atoms with Crippen LogP contribution < -0.4 is 10.2 Å². The van der Waals surface area contributed by atoms with E-state index in [1.807, 2.05) is 30.0 Å². The number of pyridine rings is 1. The summed E-state index contributed by atoms with van der Waals surface area (Å²) in [5, 5.41) is 2.91. The van der Waals surface area contributed by atoms with Crippen molar-refractivity contribution in [2.45, 2.75) is 26.7 Å². The number of hydrogen-bond acceptors (Lipinski definition) is 4. The molecule has 1 spiro atoms. The summed E-state index contributed by atoms with van der Waals surface area (Å²) in [6.07, 6.45) is 3.95. The first-order valence-corrected chi connectivity index (χ1v) is 10.7. The summed E-state index contributed by atoms with van der Waals surface area (Å²) < 4.78 is 0. The van der Waals surface area contributed by atoms with Crippen LogP contribution in [0.4, 0.5) is 22.0 Å². The maximum Gasteiger partial charge on any atom is 0.330 e. The molecule has 3 aliphatic rings. The predicted octanol–water partition coefficient (Wildman–Crippen LogP) is 3.63. The molecule has 0 bridgehead atoms. The SMILES string of the molecule is CCCN1CCC2(C1)CN(C(=O)N1c3ccc(C)cc3C(=O)Nc3cccnc31)C2. The highest BCUT2D eigenvalue weighted by molar-refractivity contribution is 6.17. The van der Waals surface area contributed by atoms with Crippen LogP contribution in [-0.4, -0.2) is 59.4 Å². The number of benzene rings is 1. The lowest BCUT2D eigenvalue weighted by molar-refractivity contribution is 0.0424. The lowest BCUT2D eigenvalue weighted by Gasteiger charge is -2.49. The summed E-state index contributed by atoms with van der Waals surface area (Å²) in [6, 6.07) is 9.04. The van der Waals surface area contributed by atoms with Crippen molar-refractivity contribution in [1.82, 2.24) is 14.8 Å². The van der Waals surface area contributed by atoms with Crippen molar-refractivity contribution >= 4 is 29.1 Å². The standard InChI is InChI=1S/C23H27N5O2/c1-3-10-26-11-8-23(13-26)14-27(15-23)22(30)28-19-7-6-16(2)12-17(19)21(29)25-18-5-4-9-24-20(18)28/h4-7,9,12H,3,8,10-11,13-15H2,1-2H3,(H,25,29). The molecule has 156 valence electrons. The number of nitrogens with one attached hydrogen (secondary N) is 1. The third-order valence-electron chi connectivity index (χ3n) is 6.46. The Kier molecular flexibility index (Phi) is 4.50. The van der Waals surface area contributed by atoms with Crippen LogP contribution in [0.15, 0.2) is 36.5 Å². The van der Waals surface area contributed by atoms with E-state index in [9.17, 15) is 9.59 Å². The van der Waals surface area contributed by atoms with E-state index in [1.54, 1.807) is 23.2 Å². The summed E-state index contributed by atoms with van der Waals surface area (Å²) in [6.45, 7) is 8.97. The Morgan fingerprint density at radius 3 is 2.87 bits per heavy atom. The van der Waals surface area contributed by atoms with E-state index in [0.717, 1.165) is 51.1 Å². The lowest BCUT2D eigenvalue weighted by atomic mass is 9.79. The highest BCUT2D eigenvalue weighted by atomic mass is 16.2. The van der Waals surface area contributed by atoms with Gasteiger partial charge in [0.15, 0.2) is 5.82 Å². The molecule has 0 radical (unpaired) electrons. The van der Waals surface area contributed by atoms with E-state index in [0.29, 0.717) is 22.8 Å². The average Bonchev–Trinajstić information content (AvgIpc) is 3.08. The number of urea groups is 1. The van der Waals surface area contributed by atoms with Gasteiger partial charge < -0.3 is 15.1 Å². The number of fused-ring (bicyclic) bond motifs is 2. The maximum absolute atomic E-state index is 13.7. The van der Waals surface area contributed by atoms with Crippen LogP contribution in [0.2, 0.25) is 0 Å². The fourth-order valence-corrected chi connectivity index (χ4v) is 5.03. The molecule has 0 atom stereocenters. The summed E-state index contributed by atoms with van der Waals surface area (Å²) in [5.41, 5.74) is 2.82. The Bertz CT molecular complexity index is 1010. The molecule has 7 nitrogen and oxygen atoms in total.